The highest BCUT2D eigenvalue weighted by molar-refractivity contribution is 7.92. The van der Waals surface area contributed by atoms with Gasteiger partial charge in [-0.3, -0.25) is 9.10 Å². The van der Waals surface area contributed by atoms with Gasteiger partial charge in [-0.15, -0.1) is 11.3 Å². The van der Waals surface area contributed by atoms with Crippen molar-refractivity contribution in [2.45, 2.75) is 19.3 Å². The maximum absolute atomic E-state index is 13.1. The Hall–Kier alpha value is -2.58. The molecule has 0 saturated heterocycles. The van der Waals surface area contributed by atoms with Crippen LogP contribution < -0.4 is 9.62 Å². The summed E-state index contributed by atoms with van der Waals surface area (Å²) in [4.78, 5) is 13.6. The van der Waals surface area contributed by atoms with E-state index in [2.05, 4.69) is 19.2 Å². The van der Waals surface area contributed by atoms with Crippen molar-refractivity contribution < 1.29 is 13.2 Å². The molecule has 0 fully saturated rings. The number of anilines is 2. The molecule has 0 aliphatic carbocycles. The quantitative estimate of drug-likeness (QED) is 0.278. The van der Waals surface area contributed by atoms with Crippen LogP contribution in [-0.2, 0) is 15.4 Å². The zero-order valence-corrected chi connectivity index (χ0v) is 22.7. The number of hydrogen-bond acceptors (Lipinski definition) is 4. The van der Waals surface area contributed by atoms with E-state index in [1.165, 1.54) is 22.7 Å². The molecule has 3 aromatic carbocycles. The monoisotopic (exact) mass is 546 g/mol. The van der Waals surface area contributed by atoms with E-state index in [4.69, 9.17) is 23.2 Å². The lowest BCUT2D eigenvalue weighted by Gasteiger charge is -2.27. The van der Waals surface area contributed by atoms with E-state index in [0.717, 1.165) is 27.5 Å². The first kappa shape index (κ1) is 25.5. The number of carbonyl (C=O) groups is 1. The molecule has 182 valence electrons. The number of halogens is 2. The molecule has 35 heavy (non-hydrogen) atoms. The maximum Gasteiger partial charge on any atom is 0.265 e. The number of nitrogens with zero attached hydrogens (tertiary/aromatic N) is 1. The summed E-state index contributed by atoms with van der Waals surface area (Å²) in [6.45, 7) is 4.18. The smallest absolute Gasteiger partial charge is 0.265 e. The van der Waals surface area contributed by atoms with E-state index in [0.29, 0.717) is 26.3 Å². The number of benzene rings is 3. The average Bonchev–Trinajstić information content (AvgIpc) is 3.21. The maximum atomic E-state index is 13.1. The fourth-order valence-corrected chi connectivity index (χ4v) is 5.57. The molecule has 9 heteroatoms. The van der Waals surface area contributed by atoms with Gasteiger partial charge in [0.1, 0.15) is 0 Å². The first-order valence-electron chi connectivity index (χ1n) is 10.7. The van der Waals surface area contributed by atoms with Crippen molar-refractivity contribution >= 4 is 71.9 Å². The third kappa shape index (κ3) is 5.48. The number of thiophene rings is 1. The Balaban J connectivity index is 1.61. The SMILES string of the molecule is CN(c1ccc2sc(C(=O)Nc3cc(Cl)cc(C(C)(C)c4ccc(Cl)cc4)c3)cc2c1)S(C)(=O)=O. The molecule has 0 atom stereocenters. The van der Waals surface area contributed by atoms with E-state index in [9.17, 15) is 13.2 Å². The number of amides is 1. The van der Waals surface area contributed by atoms with E-state index in [1.807, 2.05) is 42.5 Å². The summed E-state index contributed by atoms with van der Waals surface area (Å²) in [5, 5.41) is 4.94. The van der Waals surface area contributed by atoms with E-state index >= 15 is 0 Å². The van der Waals surface area contributed by atoms with Crippen LogP contribution in [0.15, 0.2) is 66.7 Å². The number of nitrogens with one attached hydrogen (secondary N) is 1. The molecular formula is C26H24Cl2N2O3S2. The van der Waals surface area contributed by atoms with Crippen molar-refractivity contribution in [2.24, 2.45) is 0 Å². The first-order chi connectivity index (χ1) is 16.3. The minimum absolute atomic E-state index is 0.262. The Morgan fingerprint density at radius 1 is 0.914 bits per heavy atom. The Labute approximate surface area is 219 Å². The second kappa shape index (κ2) is 9.47. The predicted octanol–water partition coefficient (Wildman–Crippen LogP) is 7.18. The third-order valence-electron chi connectivity index (χ3n) is 6.03. The lowest BCUT2D eigenvalue weighted by Crippen LogP contribution is -2.24. The molecule has 0 spiro atoms. The van der Waals surface area contributed by atoms with Crippen LogP contribution in [0.4, 0.5) is 11.4 Å². The van der Waals surface area contributed by atoms with Gasteiger partial charge in [0.05, 0.1) is 16.8 Å². The van der Waals surface area contributed by atoms with E-state index in [1.54, 1.807) is 24.3 Å². The Bertz CT molecular complexity index is 1530. The first-order valence-corrected chi connectivity index (χ1v) is 14.1. The van der Waals surface area contributed by atoms with Crippen molar-refractivity contribution in [2.75, 3.05) is 22.9 Å². The predicted molar refractivity (Wildman–Crippen MR) is 148 cm³/mol. The van der Waals surface area contributed by atoms with Crippen LogP contribution >= 0.6 is 34.5 Å². The topological polar surface area (TPSA) is 66.5 Å². The van der Waals surface area contributed by atoms with Gasteiger partial charge in [-0.05, 0) is 71.1 Å². The minimum atomic E-state index is -3.38. The number of hydrogen-bond donors (Lipinski definition) is 1. The molecular weight excluding hydrogens is 523 g/mol. The van der Waals surface area contributed by atoms with Gasteiger partial charge in [0.2, 0.25) is 10.0 Å². The van der Waals surface area contributed by atoms with Crippen LogP contribution in [0, 0.1) is 0 Å². The van der Waals surface area contributed by atoms with Gasteiger partial charge in [0.25, 0.3) is 5.91 Å². The average molecular weight is 548 g/mol. The number of fused-ring (bicyclic) bond motifs is 1. The summed E-state index contributed by atoms with van der Waals surface area (Å²) in [7, 11) is -1.88. The van der Waals surface area contributed by atoms with Crippen LogP contribution in [0.25, 0.3) is 10.1 Å². The number of rotatable bonds is 6. The molecule has 0 unspecified atom stereocenters. The fraction of sp³-hybridized carbons (Fsp3) is 0.192. The van der Waals surface area contributed by atoms with E-state index in [-0.39, 0.29) is 11.3 Å². The molecule has 0 saturated carbocycles. The highest BCUT2D eigenvalue weighted by Crippen LogP contribution is 2.36. The summed E-state index contributed by atoms with van der Waals surface area (Å²) in [5.74, 6) is -0.262. The highest BCUT2D eigenvalue weighted by Gasteiger charge is 2.24. The van der Waals surface area contributed by atoms with Crippen molar-refractivity contribution in [3.63, 3.8) is 0 Å². The van der Waals surface area contributed by atoms with Gasteiger partial charge in [-0.2, -0.15) is 0 Å². The molecule has 5 nitrogen and oxygen atoms in total. The molecule has 1 aromatic heterocycles. The molecule has 1 N–H and O–H groups in total. The standard InChI is InChI=1S/C26H24Cl2N2O3S2/c1-26(2,17-5-7-19(27)8-6-17)18-13-20(28)15-21(14-18)29-25(31)24-12-16-11-22(9-10-23(16)34-24)30(3)35(4,32)33/h5-15H,1-4H3,(H,29,31). The summed E-state index contributed by atoms with van der Waals surface area (Å²) >= 11 is 13.8. The molecule has 1 heterocycles. The third-order valence-corrected chi connectivity index (χ3v) is 8.82. The largest absolute Gasteiger partial charge is 0.321 e. The Kier molecular flexibility index (Phi) is 6.90. The Morgan fingerprint density at radius 2 is 1.60 bits per heavy atom. The van der Waals surface area contributed by atoms with Crippen molar-refractivity contribution in [3.8, 4) is 0 Å². The van der Waals surface area contributed by atoms with Crippen LogP contribution in [0.3, 0.4) is 0 Å². The van der Waals surface area contributed by atoms with Crippen molar-refractivity contribution in [1.82, 2.24) is 0 Å². The lowest BCUT2D eigenvalue weighted by atomic mass is 9.78. The minimum Gasteiger partial charge on any atom is -0.321 e. The molecule has 0 aliphatic heterocycles. The van der Waals surface area contributed by atoms with Crippen molar-refractivity contribution in [3.05, 3.63) is 92.8 Å². The zero-order chi connectivity index (χ0) is 25.5. The molecule has 4 rings (SSSR count). The highest BCUT2D eigenvalue weighted by atomic mass is 35.5. The van der Waals surface area contributed by atoms with Crippen LogP contribution in [0.5, 0.6) is 0 Å². The summed E-state index contributed by atoms with van der Waals surface area (Å²) in [6, 6.07) is 20.3. The second-order valence-corrected chi connectivity index (χ2v) is 12.8. The van der Waals surface area contributed by atoms with Crippen molar-refractivity contribution in [1.29, 1.82) is 0 Å². The van der Waals surface area contributed by atoms with Gasteiger partial charge < -0.3 is 5.32 Å². The summed E-state index contributed by atoms with van der Waals surface area (Å²) < 4.78 is 25.8. The van der Waals surface area contributed by atoms with Crippen LogP contribution in [-0.4, -0.2) is 27.6 Å². The molecule has 0 bridgehead atoms. The molecule has 0 aliphatic rings. The lowest BCUT2D eigenvalue weighted by molar-refractivity contribution is 0.103. The molecule has 0 radical (unpaired) electrons. The number of carbonyl (C=O) groups excluding carboxylic acids is 1. The van der Waals surface area contributed by atoms with Gasteiger partial charge in [0, 0.05) is 32.9 Å². The summed E-state index contributed by atoms with van der Waals surface area (Å²) in [5.41, 5.74) is 2.78. The zero-order valence-electron chi connectivity index (χ0n) is 19.6. The second-order valence-electron chi connectivity index (χ2n) is 8.88. The Morgan fingerprint density at radius 3 is 2.26 bits per heavy atom. The van der Waals surface area contributed by atoms with Crippen LogP contribution in [0.1, 0.15) is 34.6 Å². The molecule has 4 aromatic rings. The summed E-state index contributed by atoms with van der Waals surface area (Å²) in [6.07, 6.45) is 1.15. The fourth-order valence-electron chi connectivity index (χ4n) is 3.78. The van der Waals surface area contributed by atoms with Gasteiger partial charge in [0.15, 0.2) is 0 Å². The van der Waals surface area contributed by atoms with Crippen LogP contribution in [0.2, 0.25) is 10.0 Å². The van der Waals surface area contributed by atoms with Gasteiger partial charge in [-0.25, -0.2) is 8.42 Å². The molecule has 1 amide bonds. The normalized spacial score (nSPS) is 12.1. The van der Waals surface area contributed by atoms with Gasteiger partial charge >= 0.3 is 0 Å². The van der Waals surface area contributed by atoms with E-state index < -0.39 is 10.0 Å². The van der Waals surface area contributed by atoms with Gasteiger partial charge in [-0.1, -0.05) is 49.2 Å². The number of sulfonamides is 1.